The summed E-state index contributed by atoms with van der Waals surface area (Å²) in [5.74, 6) is 2.86. The number of nitrogens with one attached hydrogen (secondary N) is 2. The average molecular weight is 593 g/mol. The fourth-order valence-corrected chi connectivity index (χ4v) is 5.01. The van der Waals surface area contributed by atoms with Gasteiger partial charge in [0, 0.05) is 56.1 Å². The second-order valence-electron chi connectivity index (χ2n) is 10.6. The van der Waals surface area contributed by atoms with Crippen LogP contribution in [0.4, 0.5) is 0 Å². The number of amides is 1. The summed E-state index contributed by atoms with van der Waals surface area (Å²) in [6.07, 6.45) is 3.21. The van der Waals surface area contributed by atoms with Crippen LogP contribution in [0.5, 0.6) is 23.0 Å². The van der Waals surface area contributed by atoms with Crippen LogP contribution >= 0.6 is 0 Å². The molecular formula is C35H36N4O5. The van der Waals surface area contributed by atoms with Crippen LogP contribution in [0.1, 0.15) is 40.3 Å². The molecule has 0 radical (unpaired) electrons. The van der Waals surface area contributed by atoms with Gasteiger partial charge in [-0.05, 0) is 65.9 Å². The van der Waals surface area contributed by atoms with E-state index in [1.165, 1.54) is 13.1 Å². The van der Waals surface area contributed by atoms with Gasteiger partial charge in [-0.1, -0.05) is 24.3 Å². The number of fused-ring (bicyclic) bond motifs is 1. The molecule has 3 aromatic carbocycles. The zero-order valence-electron chi connectivity index (χ0n) is 25.2. The fraction of sp³-hybridized carbons (Fsp3) is 0.286. The Morgan fingerprint density at radius 3 is 2.57 bits per heavy atom. The van der Waals surface area contributed by atoms with Gasteiger partial charge in [-0.25, -0.2) is 0 Å². The number of carbonyl (C=O) groups is 1. The van der Waals surface area contributed by atoms with Crippen LogP contribution in [0.15, 0.2) is 67.0 Å². The van der Waals surface area contributed by atoms with Crippen LogP contribution < -0.4 is 29.6 Å². The van der Waals surface area contributed by atoms with E-state index >= 15 is 0 Å². The van der Waals surface area contributed by atoms with Gasteiger partial charge in [-0.2, -0.15) is 5.26 Å². The van der Waals surface area contributed by atoms with E-state index < -0.39 is 0 Å². The van der Waals surface area contributed by atoms with Crippen molar-refractivity contribution in [2.24, 2.45) is 0 Å². The predicted octanol–water partition coefficient (Wildman–Crippen LogP) is 5.39. The monoisotopic (exact) mass is 592 g/mol. The summed E-state index contributed by atoms with van der Waals surface area (Å²) in [6, 6.07) is 20.1. The molecule has 1 aliphatic heterocycles. The van der Waals surface area contributed by atoms with Crippen molar-refractivity contribution in [3.05, 3.63) is 100 Å². The lowest BCUT2D eigenvalue weighted by Crippen LogP contribution is -2.30. The standard InChI is InChI=1S/C35H36N4O5/c1-23-13-30(20-37-9-10-39-25(3)40)34(43-21-27-14-26(17-36)18-38-19-27)16-33(23)44-22-29-5-4-6-31(24(29)2)28-7-8-32-35(15-28)42-12-11-41-32/h4-8,13-16,18-19,37H,9-12,20-22H2,1-3H3,(H,39,40). The molecule has 9 nitrogen and oxygen atoms in total. The minimum atomic E-state index is -0.0616. The molecule has 0 saturated carbocycles. The maximum Gasteiger partial charge on any atom is 0.216 e. The highest BCUT2D eigenvalue weighted by Crippen LogP contribution is 2.36. The summed E-state index contributed by atoms with van der Waals surface area (Å²) in [5, 5.41) is 15.4. The number of aryl methyl sites for hydroxylation is 1. The topological polar surface area (TPSA) is 115 Å². The highest BCUT2D eigenvalue weighted by atomic mass is 16.6. The maximum atomic E-state index is 11.2. The van der Waals surface area contributed by atoms with E-state index in [2.05, 4.69) is 52.9 Å². The molecular weight excluding hydrogens is 556 g/mol. The normalized spacial score (nSPS) is 11.9. The number of hydrogen-bond donors (Lipinski definition) is 2. The molecule has 5 rings (SSSR count). The zero-order valence-corrected chi connectivity index (χ0v) is 25.2. The van der Waals surface area contributed by atoms with Gasteiger partial charge in [-0.3, -0.25) is 9.78 Å². The van der Waals surface area contributed by atoms with E-state index in [4.69, 9.17) is 18.9 Å². The first-order valence-corrected chi connectivity index (χ1v) is 14.6. The van der Waals surface area contributed by atoms with Crippen LogP contribution in [0.3, 0.4) is 0 Å². The van der Waals surface area contributed by atoms with Gasteiger partial charge >= 0.3 is 0 Å². The van der Waals surface area contributed by atoms with Crippen molar-refractivity contribution in [2.75, 3.05) is 26.3 Å². The number of pyridine rings is 1. The lowest BCUT2D eigenvalue weighted by atomic mass is 9.96. The molecule has 2 heterocycles. The summed E-state index contributed by atoms with van der Waals surface area (Å²) in [7, 11) is 0. The molecule has 0 spiro atoms. The maximum absolute atomic E-state index is 11.2. The number of benzene rings is 3. The number of nitrogens with zero attached hydrogens (tertiary/aromatic N) is 2. The lowest BCUT2D eigenvalue weighted by Gasteiger charge is -2.20. The lowest BCUT2D eigenvalue weighted by molar-refractivity contribution is -0.118. The summed E-state index contributed by atoms with van der Waals surface area (Å²) in [4.78, 5) is 15.3. The van der Waals surface area contributed by atoms with Crippen LogP contribution in [0.2, 0.25) is 0 Å². The Kier molecular flexibility index (Phi) is 9.95. The molecule has 1 aromatic heterocycles. The van der Waals surface area contributed by atoms with E-state index in [9.17, 15) is 10.1 Å². The summed E-state index contributed by atoms with van der Waals surface area (Å²) in [5.41, 5.74) is 7.58. The molecule has 0 aliphatic carbocycles. The van der Waals surface area contributed by atoms with Crippen molar-refractivity contribution in [3.8, 4) is 40.2 Å². The highest BCUT2D eigenvalue weighted by molar-refractivity contribution is 5.73. The molecule has 226 valence electrons. The molecule has 1 aliphatic rings. The van der Waals surface area contributed by atoms with Gasteiger partial charge in [0.15, 0.2) is 11.5 Å². The molecule has 2 N–H and O–H groups in total. The Hall–Kier alpha value is -5.07. The smallest absolute Gasteiger partial charge is 0.216 e. The molecule has 44 heavy (non-hydrogen) atoms. The largest absolute Gasteiger partial charge is 0.488 e. The van der Waals surface area contributed by atoms with Gasteiger partial charge in [-0.15, -0.1) is 0 Å². The van der Waals surface area contributed by atoms with Crippen molar-refractivity contribution < 1.29 is 23.7 Å². The minimum Gasteiger partial charge on any atom is -0.488 e. The van der Waals surface area contributed by atoms with Gasteiger partial charge < -0.3 is 29.6 Å². The summed E-state index contributed by atoms with van der Waals surface area (Å²) in [6.45, 7) is 9.04. The van der Waals surface area contributed by atoms with Crippen LogP contribution in [0.25, 0.3) is 11.1 Å². The molecule has 0 unspecified atom stereocenters. The zero-order chi connectivity index (χ0) is 30.9. The Morgan fingerprint density at radius 2 is 1.75 bits per heavy atom. The summed E-state index contributed by atoms with van der Waals surface area (Å²) < 4.78 is 24.1. The van der Waals surface area contributed by atoms with Crippen molar-refractivity contribution in [1.29, 1.82) is 5.26 Å². The van der Waals surface area contributed by atoms with E-state index in [1.54, 1.807) is 12.3 Å². The number of carbonyl (C=O) groups excluding carboxylic acids is 1. The molecule has 4 aromatic rings. The van der Waals surface area contributed by atoms with E-state index in [0.29, 0.717) is 50.8 Å². The summed E-state index contributed by atoms with van der Waals surface area (Å²) >= 11 is 0. The molecule has 9 heteroatoms. The van der Waals surface area contributed by atoms with Crippen molar-refractivity contribution in [2.45, 2.75) is 40.5 Å². The van der Waals surface area contributed by atoms with Gasteiger partial charge in [0.2, 0.25) is 5.91 Å². The van der Waals surface area contributed by atoms with Gasteiger partial charge in [0.1, 0.15) is 44.0 Å². The number of hydrogen-bond acceptors (Lipinski definition) is 8. The Morgan fingerprint density at radius 1 is 0.932 bits per heavy atom. The van der Waals surface area contributed by atoms with E-state index in [1.807, 2.05) is 31.2 Å². The Balaban J connectivity index is 1.33. The Labute approximate surface area is 257 Å². The molecule has 0 saturated heterocycles. The fourth-order valence-electron chi connectivity index (χ4n) is 5.01. The number of aromatic nitrogens is 1. The van der Waals surface area contributed by atoms with Gasteiger partial charge in [0.25, 0.3) is 0 Å². The van der Waals surface area contributed by atoms with Crippen molar-refractivity contribution in [3.63, 3.8) is 0 Å². The number of ether oxygens (including phenoxy) is 4. The van der Waals surface area contributed by atoms with Gasteiger partial charge in [0.05, 0.1) is 5.56 Å². The third-order valence-electron chi connectivity index (χ3n) is 7.35. The molecule has 0 bridgehead atoms. The molecule has 1 amide bonds. The third kappa shape index (κ3) is 7.65. The first-order chi connectivity index (χ1) is 21.4. The van der Waals surface area contributed by atoms with Crippen molar-refractivity contribution in [1.82, 2.24) is 15.6 Å². The molecule has 0 fully saturated rings. The second kappa shape index (κ2) is 14.4. The third-order valence-corrected chi connectivity index (χ3v) is 7.35. The quantitative estimate of drug-likeness (QED) is 0.211. The minimum absolute atomic E-state index is 0.0616. The average Bonchev–Trinajstić information content (AvgIpc) is 3.04. The van der Waals surface area contributed by atoms with Crippen LogP contribution in [-0.2, 0) is 24.6 Å². The SMILES string of the molecule is CC(=O)NCCNCc1cc(C)c(OCc2cccc(-c3ccc4c(c3)OCCO4)c2C)cc1OCc1cncc(C#N)c1. The van der Waals surface area contributed by atoms with E-state index in [0.717, 1.165) is 56.2 Å². The highest BCUT2D eigenvalue weighted by Gasteiger charge is 2.16. The predicted molar refractivity (Wildman–Crippen MR) is 167 cm³/mol. The number of rotatable bonds is 12. The molecule has 0 atom stereocenters. The van der Waals surface area contributed by atoms with Crippen molar-refractivity contribution >= 4 is 5.91 Å². The van der Waals surface area contributed by atoms with E-state index in [-0.39, 0.29) is 12.5 Å². The first kappa shape index (κ1) is 30.4. The second-order valence-corrected chi connectivity index (χ2v) is 10.6. The number of nitriles is 1. The first-order valence-electron chi connectivity index (χ1n) is 14.6. The van der Waals surface area contributed by atoms with Crippen LogP contribution in [0, 0.1) is 25.2 Å². The Bertz CT molecular complexity index is 1680. The van der Waals surface area contributed by atoms with Crippen LogP contribution in [-0.4, -0.2) is 37.2 Å².